The maximum absolute atomic E-state index is 14.0. The SMILES string of the molecule is CC(C)N(C)C(=O)[C@H]1C[C@H](O)CN1C(=O)[C@@H](CC1CCCCC1)NC(=O)c1ccccc1OCC(=O)NC(C)(C)C. The number of carbonyl (C=O) groups excluding carboxylic acids is 4. The Hall–Kier alpha value is -3.14. The number of aliphatic hydroxyl groups excluding tert-OH is 1. The molecule has 2 fully saturated rings. The van der Waals surface area contributed by atoms with Crippen molar-refractivity contribution in [3.05, 3.63) is 29.8 Å². The van der Waals surface area contributed by atoms with Gasteiger partial charge < -0.3 is 30.3 Å². The van der Waals surface area contributed by atoms with Gasteiger partial charge in [-0.05, 0) is 59.1 Å². The van der Waals surface area contributed by atoms with E-state index in [0.717, 1.165) is 32.1 Å². The molecule has 4 amide bonds. The van der Waals surface area contributed by atoms with E-state index in [1.165, 1.54) is 4.90 Å². The largest absolute Gasteiger partial charge is 0.483 e. The third-order valence-corrected chi connectivity index (χ3v) is 7.87. The van der Waals surface area contributed by atoms with Gasteiger partial charge in [0.15, 0.2) is 6.61 Å². The van der Waals surface area contributed by atoms with Crippen LogP contribution in [0, 0.1) is 5.92 Å². The van der Waals surface area contributed by atoms with E-state index in [9.17, 15) is 24.3 Å². The number of para-hydroxylation sites is 1. The molecule has 1 aromatic rings. The Bertz CT molecular complexity index is 1080. The quantitative estimate of drug-likeness (QED) is 0.396. The normalized spacial score (nSPS) is 20.4. The number of β-amino-alcohol motifs (C(OH)–C–C–N with tert-alkyl or cyclic N) is 1. The van der Waals surface area contributed by atoms with Crippen LogP contribution in [0.25, 0.3) is 0 Å². The number of amides is 4. The number of likely N-dealkylation sites (tertiary alicyclic amines) is 1. The van der Waals surface area contributed by atoms with E-state index in [1.54, 1.807) is 36.2 Å². The van der Waals surface area contributed by atoms with Gasteiger partial charge in [0.2, 0.25) is 11.8 Å². The van der Waals surface area contributed by atoms with E-state index >= 15 is 0 Å². The Morgan fingerprint density at radius 3 is 2.39 bits per heavy atom. The van der Waals surface area contributed by atoms with E-state index in [4.69, 9.17) is 4.74 Å². The lowest BCUT2D eigenvalue weighted by Gasteiger charge is -2.33. The van der Waals surface area contributed by atoms with Crippen molar-refractivity contribution in [2.75, 3.05) is 20.2 Å². The molecule has 0 spiro atoms. The van der Waals surface area contributed by atoms with Crippen LogP contribution < -0.4 is 15.4 Å². The lowest BCUT2D eigenvalue weighted by atomic mass is 9.84. The Kier molecular flexibility index (Phi) is 11.2. The molecular formula is C31H48N4O6. The zero-order valence-electron chi connectivity index (χ0n) is 25.4. The Balaban J connectivity index is 1.81. The molecule has 3 atom stereocenters. The van der Waals surface area contributed by atoms with Gasteiger partial charge >= 0.3 is 0 Å². The molecule has 3 N–H and O–H groups in total. The van der Waals surface area contributed by atoms with Crippen LogP contribution in [0.15, 0.2) is 24.3 Å². The third kappa shape index (κ3) is 9.18. The minimum atomic E-state index is -0.868. The Labute approximate surface area is 244 Å². The molecule has 0 unspecified atom stereocenters. The number of nitrogens with one attached hydrogen (secondary N) is 2. The van der Waals surface area contributed by atoms with E-state index in [0.29, 0.717) is 6.42 Å². The number of ether oxygens (including phenoxy) is 1. The van der Waals surface area contributed by atoms with Crippen LogP contribution in [0.2, 0.25) is 0 Å². The molecule has 1 aliphatic heterocycles. The summed E-state index contributed by atoms with van der Waals surface area (Å²) in [6, 6.07) is 4.91. The predicted octanol–water partition coefficient (Wildman–Crippen LogP) is 2.88. The number of benzene rings is 1. The smallest absolute Gasteiger partial charge is 0.258 e. The first-order valence-electron chi connectivity index (χ1n) is 14.9. The number of hydrogen-bond acceptors (Lipinski definition) is 6. The van der Waals surface area contributed by atoms with Crippen molar-refractivity contribution in [1.29, 1.82) is 0 Å². The maximum Gasteiger partial charge on any atom is 0.258 e. The maximum atomic E-state index is 14.0. The molecule has 1 aromatic carbocycles. The fraction of sp³-hybridized carbons (Fsp3) is 0.677. The minimum absolute atomic E-state index is 0.0425. The molecule has 1 aliphatic carbocycles. The highest BCUT2D eigenvalue weighted by atomic mass is 16.5. The second-order valence-electron chi connectivity index (χ2n) is 12.8. The average molecular weight is 573 g/mol. The molecule has 1 heterocycles. The van der Waals surface area contributed by atoms with E-state index < -0.39 is 29.6 Å². The lowest BCUT2D eigenvalue weighted by Crippen LogP contribution is -2.55. The highest BCUT2D eigenvalue weighted by Gasteiger charge is 2.43. The monoisotopic (exact) mass is 572 g/mol. The van der Waals surface area contributed by atoms with Crippen molar-refractivity contribution >= 4 is 23.6 Å². The number of rotatable bonds is 10. The summed E-state index contributed by atoms with van der Waals surface area (Å²) in [5.74, 6) is -0.883. The van der Waals surface area contributed by atoms with Crippen LogP contribution in [-0.4, -0.2) is 88.5 Å². The number of hydrogen-bond donors (Lipinski definition) is 3. The topological polar surface area (TPSA) is 128 Å². The fourth-order valence-corrected chi connectivity index (χ4v) is 5.57. The second-order valence-corrected chi connectivity index (χ2v) is 12.8. The van der Waals surface area contributed by atoms with Gasteiger partial charge in [0.05, 0.1) is 11.7 Å². The first-order valence-corrected chi connectivity index (χ1v) is 14.9. The van der Waals surface area contributed by atoms with Crippen molar-refractivity contribution < 1.29 is 29.0 Å². The molecule has 10 heteroatoms. The second kappa shape index (κ2) is 14.2. The zero-order chi connectivity index (χ0) is 30.3. The predicted molar refractivity (Wildman–Crippen MR) is 156 cm³/mol. The summed E-state index contributed by atoms with van der Waals surface area (Å²) in [4.78, 5) is 56.2. The Morgan fingerprint density at radius 2 is 1.76 bits per heavy atom. The molecule has 228 valence electrons. The van der Waals surface area contributed by atoms with Gasteiger partial charge in [-0.2, -0.15) is 0 Å². The van der Waals surface area contributed by atoms with Gasteiger partial charge in [0.1, 0.15) is 17.8 Å². The first-order chi connectivity index (χ1) is 19.3. The van der Waals surface area contributed by atoms with Crippen LogP contribution in [0.3, 0.4) is 0 Å². The van der Waals surface area contributed by atoms with Crippen molar-refractivity contribution in [2.45, 2.75) is 109 Å². The van der Waals surface area contributed by atoms with E-state index in [1.807, 2.05) is 34.6 Å². The van der Waals surface area contributed by atoms with Crippen molar-refractivity contribution in [3.63, 3.8) is 0 Å². The summed E-state index contributed by atoms with van der Waals surface area (Å²) >= 11 is 0. The van der Waals surface area contributed by atoms with Gasteiger partial charge in [-0.3, -0.25) is 19.2 Å². The first kappa shape index (κ1) is 32.4. The minimum Gasteiger partial charge on any atom is -0.483 e. The molecule has 10 nitrogen and oxygen atoms in total. The standard InChI is InChI=1S/C31H48N4O6/c1-20(2)34(6)30(40)25-17-22(36)18-35(25)29(39)24(16-21-12-8-7-9-13-21)32-28(38)23-14-10-11-15-26(23)41-19-27(37)33-31(3,4)5/h10-11,14-15,20-22,24-25,36H,7-9,12-13,16-19H2,1-6H3,(H,32,38)(H,33,37)/t22-,24+,25+/m0/s1. The highest BCUT2D eigenvalue weighted by Crippen LogP contribution is 2.30. The molecule has 0 aromatic heterocycles. The fourth-order valence-electron chi connectivity index (χ4n) is 5.57. The number of likely N-dealkylation sites (N-methyl/N-ethyl adjacent to an activating group) is 1. The molecule has 2 aliphatic rings. The van der Waals surface area contributed by atoms with Gasteiger partial charge in [-0.15, -0.1) is 0 Å². The summed E-state index contributed by atoms with van der Waals surface area (Å²) in [5.41, 5.74) is -0.206. The van der Waals surface area contributed by atoms with Crippen LogP contribution in [0.5, 0.6) is 5.75 Å². The number of aliphatic hydroxyl groups is 1. The van der Waals surface area contributed by atoms with Gasteiger partial charge in [-0.25, -0.2) is 0 Å². The highest BCUT2D eigenvalue weighted by molar-refractivity contribution is 6.00. The van der Waals surface area contributed by atoms with Gasteiger partial charge in [0.25, 0.3) is 11.8 Å². The van der Waals surface area contributed by atoms with Gasteiger partial charge in [-0.1, -0.05) is 44.2 Å². The molecule has 0 bridgehead atoms. The molecular weight excluding hydrogens is 524 g/mol. The zero-order valence-corrected chi connectivity index (χ0v) is 25.4. The summed E-state index contributed by atoms with van der Waals surface area (Å²) < 4.78 is 5.72. The van der Waals surface area contributed by atoms with Crippen molar-refractivity contribution in [2.24, 2.45) is 5.92 Å². The van der Waals surface area contributed by atoms with Crippen LogP contribution in [-0.2, 0) is 14.4 Å². The van der Waals surface area contributed by atoms with Gasteiger partial charge in [0, 0.05) is 31.6 Å². The average Bonchev–Trinajstić information content (AvgIpc) is 3.31. The van der Waals surface area contributed by atoms with Crippen LogP contribution in [0.1, 0.15) is 89.9 Å². The molecule has 1 saturated carbocycles. The Morgan fingerprint density at radius 1 is 1.10 bits per heavy atom. The molecule has 3 rings (SSSR count). The van der Waals surface area contributed by atoms with E-state index in [-0.39, 0.29) is 60.6 Å². The summed E-state index contributed by atoms with van der Waals surface area (Å²) in [6.07, 6.45) is 5.07. The van der Waals surface area contributed by atoms with E-state index in [2.05, 4.69) is 10.6 Å². The number of nitrogens with zero attached hydrogens (tertiary/aromatic N) is 2. The molecule has 41 heavy (non-hydrogen) atoms. The van der Waals surface area contributed by atoms with Crippen LogP contribution in [0.4, 0.5) is 0 Å². The molecule has 1 saturated heterocycles. The summed E-state index contributed by atoms with van der Waals surface area (Å²) in [7, 11) is 1.69. The molecule has 0 radical (unpaired) electrons. The number of carbonyl (C=O) groups is 4. The van der Waals surface area contributed by atoms with Crippen molar-refractivity contribution in [3.8, 4) is 5.75 Å². The van der Waals surface area contributed by atoms with Crippen molar-refractivity contribution in [1.82, 2.24) is 20.4 Å². The van der Waals surface area contributed by atoms with Crippen LogP contribution >= 0.6 is 0 Å². The summed E-state index contributed by atoms with van der Waals surface area (Å²) in [5, 5.41) is 16.2. The summed E-state index contributed by atoms with van der Waals surface area (Å²) in [6.45, 7) is 9.18. The lowest BCUT2D eigenvalue weighted by molar-refractivity contribution is -0.145. The third-order valence-electron chi connectivity index (χ3n) is 7.87.